The number of halogens is 1. The molecule has 0 radical (unpaired) electrons. The van der Waals surface area contributed by atoms with Gasteiger partial charge < -0.3 is 15.3 Å². The first-order valence-corrected chi connectivity index (χ1v) is 8.83. The topological polar surface area (TPSA) is 52.6 Å². The number of nitrogens with zero attached hydrogens (tertiary/aromatic N) is 1. The highest BCUT2D eigenvalue weighted by Crippen LogP contribution is 2.40. The summed E-state index contributed by atoms with van der Waals surface area (Å²) in [6, 6.07) is 7.45. The van der Waals surface area contributed by atoms with Crippen LogP contribution in [0.2, 0.25) is 5.02 Å². The lowest BCUT2D eigenvalue weighted by atomic mass is 9.93. The molecular weight excluding hydrogens is 312 g/mol. The van der Waals surface area contributed by atoms with Gasteiger partial charge in [-0.1, -0.05) is 11.6 Å². The van der Waals surface area contributed by atoms with Gasteiger partial charge in [-0.2, -0.15) is 0 Å². The van der Waals surface area contributed by atoms with Crippen LogP contribution in [0.1, 0.15) is 43.0 Å². The SMILES string of the molecule is CC(CO)(NC1CCN(C(=O)c2ccc(Cl)cc2)CC1)C1CC1. The average molecular weight is 337 g/mol. The summed E-state index contributed by atoms with van der Waals surface area (Å²) in [5.74, 6) is 0.674. The predicted octanol–water partition coefficient (Wildman–Crippen LogP) is 2.70. The lowest BCUT2D eigenvalue weighted by Gasteiger charge is -2.39. The second-order valence-corrected chi connectivity index (χ2v) is 7.50. The maximum Gasteiger partial charge on any atom is 0.253 e. The summed E-state index contributed by atoms with van der Waals surface area (Å²) < 4.78 is 0. The van der Waals surface area contributed by atoms with Gasteiger partial charge in [0, 0.05) is 35.3 Å². The number of piperidine rings is 1. The van der Waals surface area contributed by atoms with Crippen LogP contribution >= 0.6 is 11.6 Å². The number of aliphatic hydroxyl groups is 1. The van der Waals surface area contributed by atoms with Crippen LogP contribution in [0.4, 0.5) is 0 Å². The number of nitrogens with one attached hydrogen (secondary N) is 1. The zero-order valence-electron chi connectivity index (χ0n) is 13.6. The van der Waals surface area contributed by atoms with Crippen LogP contribution in [0.5, 0.6) is 0 Å². The standard InChI is InChI=1S/C18H25ClN2O2/c1-18(12-22,14-4-5-14)20-16-8-10-21(11-9-16)17(23)13-2-6-15(19)7-3-13/h2-3,6-7,14,16,20,22H,4-5,8-12H2,1H3. The number of hydrogen-bond donors (Lipinski definition) is 2. The molecule has 1 saturated carbocycles. The molecule has 1 saturated heterocycles. The molecule has 3 rings (SSSR count). The first-order chi connectivity index (χ1) is 11.0. The Labute approximate surface area is 142 Å². The van der Waals surface area contributed by atoms with Crippen LogP contribution < -0.4 is 5.32 Å². The zero-order valence-corrected chi connectivity index (χ0v) is 14.4. The Morgan fingerprint density at radius 3 is 2.39 bits per heavy atom. The van der Waals surface area contributed by atoms with Gasteiger partial charge in [-0.05, 0) is 62.8 Å². The Balaban J connectivity index is 1.53. The van der Waals surface area contributed by atoms with Gasteiger partial charge >= 0.3 is 0 Å². The molecule has 1 heterocycles. The summed E-state index contributed by atoms with van der Waals surface area (Å²) in [7, 11) is 0. The van der Waals surface area contributed by atoms with Gasteiger partial charge in [0.05, 0.1) is 6.61 Å². The largest absolute Gasteiger partial charge is 0.394 e. The molecule has 1 atom stereocenters. The van der Waals surface area contributed by atoms with E-state index in [-0.39, 0.29) is 18.1 Å². The first-order valence-electron chi connectivity index (χ1n) is 8.45. The fourth-order valence-corrected chi connectivity index (χ4v) is 3.61. The van der Waals surface area contributed by atoms with Crippen molar-refractivity contribution < 1.29 is 9.90 Å². The van der Waals surface area contributed by atoms with E-state index in [2.05, 4.69) is 12.2 Å². The molecule has 2 fully saturated rings. The summed E-state index contributed by atoms with van der Waals surface area (Å²) >= 11 is 5.87. The summed E-state index contributed by atoms with van der Waals surface area (Å²) in [6.07, 6.45) is 4.28. The maximum absolute atomic E-state index is 12.5. The van der Waals surface area contributed by atoms with Crippen molar-refractivity contribution in [2.45, 2.75) is 44.2 Å². The van der Waals surface area contributed by atoms with E-state index in [0.29, 0.717) is 22.5 Å². The van der Waals surface area contributed by atoms with E-state index in [0.717, 1.165) is 25.9 Å². The molecule has 4 nitrogen and oxygen atoms in total. The molecule has 5 heteroatoms. The van der Waals surface area contributed by atoms with Gasteiger partial charge in [-0.25, -0.2) is 0 Å². The van der Waals surface area contributed by atoms with Crippen molar-refractivity contribution in [3.63, 3.8) is 0 Å². The van der Waals surface area contributed by atoms with Crippen molar-refractivity contribution in [1.29, 1.82) is 0 Å². The third-order valence-corrected chi connectivity index (χ3v) is 5.47. The average Bonchev–Trinajstić information content (AvgIpc) is 3.41. The fourth-order valence-electron chi connectivity index (χ4n) is 3.48. The molecule has 0 bridgehead atoms. The van der Waals surface area contributed by atoms with Crippen LogP contribution in [0.25, 0.3) is 0 Å². The van der Waals surface area contributed by atoms with Crippen LogP contribution in [0, 0.1) is 5.92 Å². The van der Waals surface area contributed by atoms with Crippen LogP contribution in [-0.4, -0.2) is 47.2 Å². The zero-order chi connectivity index (χ0) is 16.4. The van der Waals surface area contributed by atoms with Crippen LogP contribution in [0.15, 0.2) is 24.3 Å². The monoisotopic (exact) mass is 336 g/mol. The van der Waals surface area contributed by atoms with Crippen molar-refractivity contribution >= 4 is 17.5 Å². The smallest absolute Gasteiger partial charge is 0.253 e. The van der Waals surface area contributed by atoms with Crippen molar-refractivity contribution in [2.75, 3.05) is 19.7 Å². The Kier molecular flexibility index (Phi) is 4.95. The highest BCUT2D eigenvalue weighted by atomic mass is 35.5. The second kappa shape index (κ2) is 6.80. The molecule has 1 aliphatic heterocycles. The lowest BCUT2D eigenvalue weighted by Crippen LogP contribution is -2.55. The normalized spacial score (nSPS) is 22.0. The minimum atomic E-state index is -0.160. The number of aliphatic hydroxyl groups excluding tert-OH is 1. The Morgan fingerprint density at radius 1 is 1.26 bits per heavy atom. The molecule has 2 N–H and O–H groups in total. The van der Waals surface area contributed by atoms with Gasteiger partial charge in [0.25, 0.3) is 5.91 Å². The van der Waals surface area contributed by atoms with E-state index < -0.39 is 0 Å². The van der Waals surface area contributed by atoms with Crippen molar-refractivity contribution in [3.8, 4) is 0 Å². The summed E-state index contributed by atoms with van der Waals surface area (Å²) in [6.45, 7) is 3.81. The number of hydrogen-bond acceptors (Lipinski definition) is 3. The number of carbonyl (C=O) groups is 1. The predicted molar refractivity (Wildman–Crippen MR) is 91.7 cm³/mol. The molecule has 1 unspecified atom stereocenters. The molecule has 1 aliphatic carbocycles. The number of carbonyl (C=O) groups excluding carboxylic acids is 1. The molecule has 2 aliphatic rings. The minimum absolute atomic E-state index is 0.0761. The second-order valence-electron chi connectivity index (χ2n) is 7.07. The van der Waals surface area contributed by atoms with Crippen LogP contribution in [0.3, 0.4) is 0 Å². The van der Waals surface area contributed by atoms with Crippen LogP contribution in [-0.2, 0) is 0 Å². The van der Waals surface area contributed by atoms with E-state index in [1.165, 1.54) is 12.8 Å². The van der Waals surface area contributed by atoms with E-state index in [9.17, 15) is 9.90 Å². The van der Waals surface area contributed by atoms with Gasteiger partial charge in [-0.15, -0.1) is 0 Å². The third-order valence-electron chi connectivity index (χ3n) is 5.21. The molecule has 0 aromatic heterocycles. The molecule has 1 aromatic rings. The Bertz CT molecular complexity index is 551. The first kappa shape index (κ1) is 16.7. The molecular formula is C18H25ClN2O2. The maximum atomic E-state index is 12.5. The quantitative estimate of drug-likeness (QED) is 0.869. The molecule has 1 amide bonds. The van der Waals surface area contributed by atoms with Crippen molar-refractivity contribution in [2.24, 2.45) is 5.92 Å². The van der Waals surface area contributed by atoms with Gasteiger partial charge in [-0.3, -0.25) is 4.79 Å². The fraction of sp³-hybridized carbons (Fsp3) is 0.611. The summed E-state index contributed by atoms with van der Waals surface area (Å²) in [5.41, 5.74) is 0.534. The molecule has 1 aromatic carbocycles. The number of benzene rings is 1. The highest BCUT2D eigenvalue weighted by molar-refractivity contribution is 6.30. The Hall–Kier alpha value is -1.10. The van der Waals surface area contributed by atoms with Gasteiger partial charge in [0.2, 0.25) is 0 Å². The molecule has 0 spiro atoms. The summed E-state index contributed by atoms with van der Waals surface area (Å²) in [5, 5.41) is 14.0. The van der Waals surface area contributed by atoms with E-state index in [1.807, 2.05) is 4.90 Å². The van der Waals surface area contributed by atoms with E-state index >= 15 is 0 Å². The number of amides is 1. The molecule has 23 heavy (non-hydrogen) atoms. The lowest BCUT2D eigenvalue weighted by molar-refractivity contribution is 0.0670. The van der Waals surface area contributed by atoms with Gasteiger partial charge in [0.15, 0.2) is 0 Å². The van der Waals surface area contributed by atoms with E-state index in [4.69, 9.17) is 11.6 Å². The van der Waals surface area contributed by atoms with Crippen molar-refractivity contribution in [3.05, 3.63) is 34.9 Å². The highest BCUT2D eigenvalue weighted by Gasteiger charge is 2.42. The third kappa shape index (κ3) is 3.87. The minimum Gasteiger partial charge on any atom is -0.394 e. The summed E-state index contributed by atoms with van der Waals surface area (Å²) in [4.78, 5) is 14.4. The number of rotatable bonds is 5. The number of likely N-dealkylation sites (tertiary alicyclic amines) is 1. The Morgan fingerprint density at radius 2 is 1.87 bits per heavy atom. The van der Waals surface area contributed by atoms with Crippen molar-refractivity contribution in [1.82, 2.24) is 10.2 Å². The van der Waals surface area contributed by atoms with Gasteiger partial charge in [0.1, 0.15) is 0 Å². The van der Waals surface area contributed by atoms with E-state index in [1.54, 1.807) is 24.3 Å². The molecule has 126 valence electrons.